The quantitative estimate of drug-likeness (QED) is 0.278. The maximum atomic E-state index is 9.83. The molecule has 4 rings (SSSR count). The van der Waals surface area contributed by atoms with Crippen LogP contribution in [0.3, 0.4) is 0 Å². The third-order valence-corrected chi connectivity index (χ3v) is 5.52. The summed E-state index contributed by atoms with van der Waals surface area (Å²) in [7, 11) is 1.86. The van der Waals surface area contributed by atoms with Crippen LogP contribution in [-0.4, -0.2) is 30.9 Å². The van der Waals surface area contributed by atoms with E-state index in [9.17, 15) is 5.21 Å². The number of aromatic nitrogens is 4. The first kappa shape index (κ1) is 20.5. The van der Waals surface area contributed by atoms with Crippen molar-refractivity contribution in [3.05, 3.63) is 101 Å². The number of pyridine rings is 1. The lowest BCUT2D eigenvalue weighted by atomic mass is 9.83. The van der Waals surface area contributed by atoms with Crippen LogP contribution in [0.5, 0.6) is 0 Å². The first-order chi connectivity index (χ1) is 15.0. The molecule has 2 aromatic carbocycles. The summed E-state index contributed by atoms with van der Waals surface area (Å²) in [5.74, 6) is 0.0384. The molecule has 0 saturated heterocycles. The van der Waals surface area contributed by atoms with Crippen molar-refractivity contribution in [3.8, 4) is 11.3 Å². The lowest BCUT2D eigenvalue weighted by molar-refractivity contribution is 0.317. The molecular weight excluding hydrogens is 386 g/mol. The number of aryl methyl sites for hydroxylation is 3. The third-order valence-electron chi connectivity index (χ3n) is 5.52. The summed E-state index contributed by atoms with van der Waals surface area (Å²) in [6.45, 7) is 4.05. The molecule has 156 valence electrons. The first-order valence-corrected chi connectivity index (χ1v) is 10.2. The predicted molar refractivity (Wildman–Crippen MR) is 121 cm³/mol. The minimum absolute atomic E-state index is 0.0384. The van der Waals surface area contributed by atoms with Crippen molar-refractivity contribution in [2.75, 3.05) is 0 Å². The van der Waals surface area contributed by atoms with Crippen molar-refractivity contribution in [1.82, 2.24) is 20.0 Å². The molecule has 6 nitrogen and oxygen atoms in total. The van der Waals surface area contributed by atoms with Gasteiger partial charge in [0.1, 0.15) is 5.69 Å². The van der Waals surface area contributed by atoms with Gasteiger partial charge in [0.15, 0.2) is 0 Å². The fraction of sp³-hybridized carbons (Fsp3) is 0.200. The Morgan fingerprint density at radius 3 is 2.48 bits per heavy atom. The summed E-state index contributed by atoms with van der Waals surface area (Å²) in [5, 5.41) is 21.7. The van der Waals surface area contributed by atoms with E-state index in [1.165, 1.54) is 11.1 Å². The normalized spacial score (nSPS) is 12.7. The molecule has 0 bridgehead atoms. The van der Waals surface area contributed by atoms with Crippen molar-refractivity contribution >= 4 is 5.71 Å². The zero-order valence-electron chi connectivity index (χ0n) is 17.9. The Bertz CT molecular complexity index is 1210. The number of hydrogen-bond acceptors (Lipinski definition) is 5. The van der Waals surface area contributed by atoms with Crippen molar-refractivity contribution in [1.29, 1.82) is 0 Å². The van der Waals surface area contributed by atoms with Crippen LogP contribution in [-0.2, 0) is 7.05 Å². The van der Waals surface area contributed by atoms with Crippen LogP contribution < -0.4 is 0 Å². The topological polar surface area (TPSA) is 76.2 Å². The molecule has 0 saturated carbocycles. The molecule has 1 atom stereocenters. The van der Waals surface area contributed by atoms with E-state index < -0.39 is 0 Å². The van der Waals surface area contributed by atoms with E-state index in [2.05, 4.69) is 69.8 Å². The average molecular weight is 412 g/mol. The summed E-state index contributed by atoms with van der Waals surface area (Å²) in [4.78, 5) is 4.26. The number of nitrogens with zero attached hydrogens (tertiary/aromatic N) is 5. The van der Waals surface area contributed by atoms with Crippen LogP contribution in [0.4, 0.5) is 0 Å². The van der Waals surface area contributed by atoms with Crippen LogP contribution >= 0.6 is 0 Å². The number of rotatable bonds is 6. The van der Waals surface area contributed by atoms with Crippen LogP contribution in [0.2, 0.25) is 0 Å². The monoisotopic (exact) mass is 411 g/mol. The van der Waals surface area contributed by atoms with Gasteiger partial charge in [0, 0.05) is 42.4 Å². The van der Waals surface area contributed by atoms with Crippen molar-refractivity contribution in [2.45, 2.75) is 26.2 Å². The Morgan fingerprint density at radius 1 is 1.06 bits per heavy atom. The van der Waals surface area contributed by atoms with Crippen molar-refractivity contribution in [2.24, 2.45) is 12.2 Å². The Hall–Kier alpha value is -3.80. The van der Waals surface area contributed by atoms with Gasteiger partial charge in [0.2, 0.25) is 0 Å². The molecule has 0 amide bonds. The van der Waals surface area contributed by atoms with Gasteiger partial charge in [-0.1, -0.05) is 58.9 Å². The standard InChI is InChI=1S/C25H25N5O/c1-17-6-4-5-7-22(17)23(15-24(28-31)21-12-13-26-18(2)14-21)19-8-10-20(11-9-19)25-16-30(3)29-27-25/h4-14,16,23,31H,15H2,1-3H3/t23-/m1/s1. The van der Waals surface area contributed by atoms with Gasteiger partial charge in [-0.25, -0.2) is 0 Å². The molecular formula is C25H25N5O. The molecule has 0 spiro atoms. The number of oxime groups is 1. The predicted octanol–water partition coefficient (Wildman–Crippen LogP) is 4.89. The molecule has 4 aromatic rings. The fourth-order valence-electron chi connectivity index (χ4n) is 3.89. The minimum Gasteiger partial charge on any atom is -0.411 e. The van der Waals surface area contributed by atoms with E-state index in [0.717, 1.165) is 28.1 Å². The van der Waals surface area contributed by atoms with E-state index >= 15 is 0 Å². The highest BCUT2D eigenvalue weighted by atomic mass is 16.4. The Kier molecular flexibility index (Phi) is 5.89. The highest BCUT2D eigenvalue weighted by Crippen LogP contribution is 2.33. The van der Waals surface area contributed by atoms with Crippen LogP contribution in [0.15, 0.2) is 78.2 Å². The molecule has 0 aliphatic carbocycles. The van der Waals surface area contributed by atoms with Crippen LogP contribution in [0.1, 0.15) is 40.3 Å². The van der Waals surface area contributed by atoms with E-state index in [0.29, 0.717) is 12.1 Å². The van der Waals surface area contributed by atoms with Gasteiger partial charge < -0.3 is 5.21 Å². The summed E-state index contributed by atoms with van der Waals surface area (Å²) in [6.07, 6.45) is 4.21. The van der Waals surface area contributed by atoms with Crippen molar-refractivity contribution < 1.29 is 5.21 Å². The molecule has 1 N–H and O–H groups in total. The number of hydrogen-bond donors (Lipinski definition) is 1. The largest absolute Gasteiger partial charge is 0.411 e. The van der Waals surface area contributed by atoms with Crippen LogP contribution in [0, 0.1) is 13.8 Å². The van der Waals surface area contributed by atoms with E-state index in [-0.39, 0.29) is 5.92 Å². The van der Waals surface area contributed by atoms with E-state index in [4.69, 9.17) is 0 Å². The first-order valence-electron chi connectivity index (χ1n) is 10.2. The summed E-state index contributed by atoms with van der Waals surface area (Å²) < 4.78 is 1.69. The lowest BCUT2D eigenvalue weighted by Crippen LogP contribution is -2.12. The second kappa shape index (κ2) is 8.92. The van der Waals surface area contributed by atoms with Gasteiger partial charge in [-0.05, 0) is 42.7 Å². The molecule has 0 radical (unpaired) electrons. The second-order valence-electron chi connectivity index (χ2n) is 7.75. The van der Waals surface area contributed by atoms with E-state index in [1.54, 1.807) is 10.9 Å². The molecule has 6 heteroatoms. The Balaban J connectivity index is 1.72. The van der Waals surface area contributed by atoms with Gasteiger partial charge >= 0.3 is 0 Å². The zero-order valence-corrected chi connectivity index (χ0v) is 17.9. The SMILES string of the molecule is Cc1cc(C(C[C@H](c2ccc(-c3cn(C)nn3)cc2)c2ccccc2C)=NO)ccn1. The van der Waals surface area contributed by atoms with Crippen LogP contribution in [0.25, 0.3) is 11.3 Å². The van der Waals surface area contributed by atoms with Gasteiger partial charge in [0.05, 0.1) is 11.9 Å². The molecule has 0 fully saturated rings. The highest BCUT2D eigenvalue weighted by Gasteiger charge is 2.20. The summed E-state index contributed by atoms with van der Waals surface area (Å²) >= 11 is 0. The smallest absolute Gasteiger partial charge is 0.113 e. The average Bonchev–Trinajstić information content (AvgIpc) is 3.22. The molecule has 0 aliphatic rings. The number of benzene rings is 2. The molecule has 2 heterocycles. The zero-order chi connectivity index (χ0) is 21.8. The third kappa shape index (κ3) is 4.53. The van der Waals surface area contributed by atoms with Crippen molar-refractivity contribution in [3.63, 3.8) is 0 Å². The van der Waals surface area contributed by atoms with Gasteiger partial charge in [0.25, 0.3) is 0 Å². The summed E-state index contributed by atoms with van der Waals surface area (Å²) in [6, 6.07) is 20.5. The maximum Gasteiger partial charge on any atom is 0.113 e. The molecule has 0 unspecified atom stereocenters. The molecule has 31 heavy (non-hydrogen) atoms. The van der Waals surface area contributed by atoms with Gasteiger partial charge in [-0.3, -0.25) is 9.67 Å². The fourth-order valence-corrected chi connectivity index (χ4v) is 3.89. The minimum atomic E-state index is 0.0384. The molecule has 0 aliphatic heterocycles. The Morgan fingerprint density at radius 2 is 1.84 bits per heavy atom. The molecule has 2 aromatic heterocycles. The lowest BCUT2D eigenvalue weighted by Gasteiger charge is -2.21. The Labute approximate surface area is 181 Å². The van der Waals surface area contributed by atoms with E-state index in [1.807, 2.05) is 38.4 Å². The van der Waals surface area contributed by atoms with Gasteiger partial charge in [-0.2, -0.15) is 0 Å². The van der Waals surface area contributed by atoms with Gasteiger partial charge in [-0.15, -0.1) is 5.10 Å². The second-order valence-corrected chi connectivity index (χ2v) is 7.75. The summed E-state index contributed by atoms with van der Waals surface area (Å²) in [5.41, 5.74) is 7.82. The maximum absolute atomic E-state index is 9.83. The highest BCUT2D eigenvalue weighted by molar-refractivity contribution is 6.01.